The molecule has 0 aliphatic carbocycles. The Hall–Kier alpha value is -1.30. The Kier molecular flexibility index (Phi) is 5.40. The molecule has 1 aromatic rings. The summed E-state index contributed by atoms with van der Waals surface area (Å²) in [6, 6.07) is 2.35. The molecule has 0 aliphatic heterocycles. The third-order valence-corrected chi connectivity index (χ3v) is 2.57. The number of nitrogens with two attached hydrogens (primary N) is 1. The van der Waals surface area contributed by atoms with Gasteiger partial charge in [0.2, 0.25) is 0 Å². The van der Waals surface area contributed by atoms with Crippen molar-refractivity contribution in [3.05, 3.63) is 23.9 Å². The van der Waals surface area contributed by atoms with Crippen LogP contribution in [0.5, 0.6) is 0 Å². The van der Waals surface area contributed by atoms with Crippen LogP contribution in [0.3, 0.4) is 0 Å². The molecule has 1 heterocycles. The van der Waals surface area contributed by atoms with E-state index in [-0.39, 0.29) is 5.82 Å². The Bertz CT molecular complexity index is 366. The standard InChI is InChI=1S/C12H18F3N3/c1-2-3-8-18(9-6-16)11-10(12(13,14)15)5-4-7-17-11/h4-5,7H,2-3,6,8-9,16H2,1H3. The minimum Gasteiger partial charge on any atom is -0.355 e. The van der Waals surface area contributed by atoms with Crippen LogP contribution in [0.1, 0.15) is 25.3 Å². The highest BCUT2D eigenvalue weighted by Crippen LogP contribution is 2.35. The summed E-state index contributed by atoms with van der Waals surface area (Å²) in [5.74, 6) is -0.0242. The number of nitrogens with zero attached hydrogens (tertiary/aromatic N) is 2. The van der Waals surface area contributed by atoms with Crippen molar-refractivity contribution >= 4 is 5.82 Å². The number of aromatic nitrogens is 1. The van der Waals surface area contributed by atoms with E-state index in [9.17, 15) is 13.2 Å². The van der Waals surface area contributed by atoms with Crippen molar-refractivity contribution in [1.29, 1.82) is 0 Å². The van der Waals surface area contributed by atoms with Gasteiger partial charge < -0.3 is 10.6 Å². The smallest absolute Gasteiger partial charge is 0.355 e. The zero-order valence-corrected chi connectivity index (χ0v) is 10.4. The molecule has 0 amide bonds. The van der Waals surface area contributed by atoms with Crippen molar-refractivity contribution in [1.82, 2.24) is 4.98 Å². The first-order chi connectivity index (χ1) is 8.50. The van der Waals surface area contributed by atoms with Crippen LogP contribution in [0.4, 0.5) is 19.0 Å². The van der Waals surface area contributed by atoms with Gasteiger partial charge in [-0.3, -0.25) is 0 Å². The van der Waals surface area contributed by atoms with Crippen LogP contribution in [-0.4, -0.2) is 24.6 Å². The first kappa shape index (κ1) is 14.8. The molecule has 18 heavy (non-hydrogen) atoms. The monoisotopic (exact) mass is 261 g/mol. The van der Waals surface area contributed by atoms with Gasteiger partial charge in [0.15, 0.2) is 0 Å². The molecule has 3 nitrogen and oxygen atoms in total. The number of pyridine rings is 1. The third-order valence-electron chi connectivity index (χ3n) is 2.57. The summed E-state index contributed by atoms with van der Waals surface area (Å²) in [6.07, 6.45) is -1.29. The highest BCUT2D eigenvalue weighted by atomic mass is 19.4. The molecule has 6 heteroatoms. The highest BCUT2D eigenvalue weighted by Gasteiger charge is 2.35. The molecule has 0 bridgehead atoms. The lowest BCUT2D eigenvalue weighted by molar-refractivity contribution is -0.137. The molecule has 0 radical (unpaired) electrons. The summed E-state index contributed by atoms with van der Waals surface area (Å²) >= 11 is 0. The van der Waals surface area contributed by atoms with Crippen LogP contribution in [0.2, 0.25) is 0 Å². The lowest BCUT2D eigenvalue weighted by atomic mass is 10.2. The van der Waals surface area contributed by atoms with Crippen molar-refractivity contribution in [3.8, 4) is 0 Å². The van der Waals surface area contributed by atoms with E-state index in [4.69, 9.17) is 5.73 Å². The topological polar surface area (TPSA) is 42.1 Å². The summed E-state index contributed by atoms with van der Waals surface area (Å²) < 4.78 is 38.6. The van der Waals surface area contributed by atoms with Crippen molar-refractivity contribution in [2.24, 2.45) is 5.73 Å². The van der Waals surface area contributed by atoms with E-state index in [0.29, 0.717) is 19.6 Å². The normalized spacial score (nSPS) is 11.6. The van der Waals surface area contributed by atoms with Crippen molar-refractivity contribution in [2.45, 2.75) is 25.9 Å². The van der Waals surface area contributed by atoms with Gasteiger partial charge in [-0.1, -0.05) is 13.3 Å². The molecule has 0 spiro atoms. The fourth-order valence-electron chi connectivity index (χ4n) is 1.70. The number of unbranched alkanes of at least 4 members (excludes halogenated alkanes) is 1. The molecule has 0 aliphatic rings. The van der Waals surface area contributed by atoms with Gasteiger partial charge in [-0.2, -0.15) is 13.2 Å². The molecule has 0 fully saturated rings. The maximum absolute atomic E-state index is 12.9. The van der Waals surface area contributed by atoms with E-state index >= 15 is 0 Å². The van der Waals surface area contributed by atoms with Crippen LogP contribution < -0.4 is 10.6 Å². The summed E-state index contributed by atoms with van der Waals surface area (Å²) in [4.78, 5) is 5.47. The molecular formula is C12H18F3N3. The number of hydrogen-bond donors (Lipinski definition) is 1. The van der Waals surface area contributed by atoms with Crippen LogP contribution in [0.25, 0.3) is 0 Å². The Morgan fingerprint density at radius 2 is 2.06 bits per heavy atom. The SMILES string of the molecule is CCCCN(CCN)c1ncccc1C(F)(F)F. The van der Waals surface area contributed by atoms with Gasteiger partial charge in [0, 0.05) is 25.8 Å². The van der Waals surface area contributed by atoms with Gasteiger partial charge in [0.05, 0.1) is 5.56 Å². The van der Waals surface area contributed by atoms with Crippen molar-refractivity contribution in [3.63, 3.8) is 0 Å². The largest absolute Gasteiger partial charge is 0.419 e. The van der Waals surface area contributed by atoms with Gasteiger partial charge in [0.25, 0.3) is 0 Å². The fraction of sp³-hybridized carbons (Fsp3) is 0.583. The number of alkyl halides is 3. The van der Waals surface area contributed by atoms with Crippen LogP contribution in [-0.2, 0) is 6.18 Å². The summed E-state index contributed by atoms with van der Waals surface area (Å²) in [6.45, 7) is 3.20. The molecule has 102 valence electrons. The number of anilines is 1. The average molecular weight is 261 g/mol. The minimum atomic E-state index is -4.39. The maximum Gasteiger partial charge on any atom is 0.419 e. The summed E-state index contributed by atoms with van der Waals surface area (Å²) in [5.41, 5.74) is 4.75. The second-order valence-corrected chi connectivity index (χ2v) is 4.00. The minimum absolute atomic E-state index is 0.0242. The number of hydrogen-bond acceptors (Lipinski definition) is 3. The number of rotatable bonds is 6. The predicted molar refractivity (Wildman–Crippen MR) is 65.4 cm³/mol. The molecule has 2 N–H and O–H groups in total. The first-order valence-corrected chi connectivity index (χ1v) is 5.98. The zero-order valence-electron chi connectivity index (χ0n) is 10.4. The Balaban J connectivity index is 3.03. The van der Waals surface area contributed by atoms with Crippen LogP contribution >= 0.6 is 0 Å². The number of halogens is 3. The Morgan fingerprint density at radius 1 is 1.33 bits per heavy atom. The lowest BCUT2D eigenvalue weighted by Crippen LogP contribution is -2.32. The van der Waals surface area contributed by atoms with E-state index in [2.05, 4.69) is 4.98 Å². The van der Waals surface area contributed by atoms with Crippen molar-refractivity contribution in [2.75, 3.05) is 24.5 Å². The quantitative estimate of drug-likeness (QED) is 0.856. The van der Waals surface area contributed by atoms with Gasteiger partial charge in [-0.25, -0.2) is 4.98 Å². The third kappa shape index (κ3) is 3.87. The van der Waals surface area contributed by atoms with Gasteiger partial charge in [-0.05, 0) is 18.6 Å². The molecule has 1 aromatic heterocycles. The first-order valence-electron chi connectivity index (χ1n) is 5.98. The van der Waals surface area contributed by atoms with Gasteiger partial charge >= 0.3 is 6.18 Å². The van der Waals surface area contributed by atoms with E-state index in [1.54, 1.807) is 4.90 Å². The average Bonchev–Trinajstić information content (AvgIpc) is 2.33. The van der Waals surface area contributed by atoms with E-state index in [0.717, 1.165) is 18.9 Å². The van der Waals surface area contributed by atoms with E-state index in [1.165, 1.54) is 12.3 Å². The van der Waals surface area contributed by atoms with Crippen molar-refractivity contribution < 1.29 is 13.2 Å². The lowest BCUT2D eigenvalue weighted by Gasteiger charge is -2.25. The summed E-state index contributed by atoms with van der Waals surface area (Å²) in [5, 5.41) is 0. The fourth-order valence-corrected chi connectivity index (χ4v) is 1.70. The molecule has 0 atom stereocenters. The predicted octanol–water partition coefficient (Wildman–Crippen LogP) is 2.67. The van der Waals surface area contributed by atoms with Gasteiger partial charge in [-0.15, -0.1) is 0 Å². The Labute approximate surface area is 105 Å². The highest BCUT2D eigenvalue weighted by molar-refractivity contribution is 5.48. The van der Waals surface area contributed by atoms with Crippen LogP contribution in [0, 0.1) is 0 Å². The molecule has 0 unspecified atom stereocenters. The van der Waals surface area contributed by atoms with Gasteiger partial charge in [0.1, 0.15) is 5.82 Å². The maximum atomic E-state index is 12.9. The molecular weight excluding hydrogens is 243 g/mol. The van der Waals surface area contributed by atoms with Crippen LogP contribution in [0.15, 0.2) is 18.3 Å². The molecule has 0 saturated heterocycles. The molecule has 0 saturated carbocycles. The summed E-state index contributed by atoms with van der Waals surface area (Å²) in [7, 11) is 0. The van der Waals surface area contributed by atoms with E-state index < -0.39 is 11.7 Å². The zero-order chi connectivity index (χ0) is 13.6. The second kappa shape index (κ2) is 6.58. The Morgan fingerprint density at radius 3 is 2.61 bits per heavy atom. The van der Waals surface area contributed by atoms with E-state index in [1.807, 2.05) is 6.92 Å². The molecule has 1 rings (SSSR count). The molecule has 0 aromatic carbocycles. The second-order valence-electron chi connectivity index (χ2n) is 4.00.